The van der Waals surface area contributed by atoms with Crippen LogP contribution in [0.4, 0.5) is 0 Å². The van der Waals surface area contributed by atoms with E-state index in [9.17, 15) is 4.79 Å². The average Bonchev–Trinajstić information content (AvgIpc) is 2.95. The molecule has 0 fully saturated rings. The number of methoxy groups -OCH3 is 1. The smallest absolute Gasteiger partial charge is 0.310 e. The van der Waals surface area contributed by atoms with Crippen LogP contribution in [-0.2, 0) is 9.53 Å². The molecule has 0 spiro atoms. The summed E-state index contributed by atoms with van der Waals surface area (Å²) in [5.41, 5.74) is 0.895. The van der Waals surface area contributed by atoms with Gasteiger partial charge in [-0.1, -0.05) is 30.3 Å². The van der Waals surface area contributed by atoms with Crippen molar-refractivity contribution in [3.63, 3.8) is 0 Å². The summed E-state index contributed by atoms with van der Waals surface area (Å²) in [6.45, 7) is 3.64. The standard InChI is InChI=1S/C13H16N4O2/c1-9(13(18)19-3)10(2)17-15-12(14-16-17)11-7-5-4-6-8-11/h4-10H,1-3H3. The lowest BCUT2D eigenvalue weighted by atomic mass is 10.1. The van der Waals surface area contributed by atoms with E-state index < -0.39 is 0 Å². The Balaban J connectivity index is 2.20. The van der Waals surface area contributed by atoms with Crippen LogP contribution < -0.4 is 0 Å². The predicted molar refractivity (Wildman–Crippen MR) is 69.1 cm³/mol. The maximum absolute atomic E-state index is 11.5. The minimum atomic E-state index is -0.331. The van der Waals surface area contributed by atoms with Crippen molar-refractivity contribution in [3.8, 4) is 11.4 Å². The summed E-state index contributed by atoms with van der Waals surface area (Å²) >= 11 is 0. The fraction of sp³-hybridized carbons (Fsp3) is 0.385. The third-order valence-corrected chi connectivity index (χ3v) is 3.12. The maximum atomic E-state index is 11.5. The number of carbonyl (C=O) groups excluding carboxylic acids is 1. The summed E-state index contributed by atoms with van der Waals surface area (Å²) in [4.78, 5) is 12.9. The van der Waals surface area contributed by atoms with Crippen LogP contribution in [0.2, 0.25) is 0 Å². The van der Waals surface area contributed by atoms with Crippen molar-refractivity contribution in [2.24, 2.45) is 5.92 Å². The third kappa shape index (κ3) is 2.78. The first-order valence-electron chi connectivity index (χ1n) is 6.06. The Morgan fingerprint density at radius 1 is 1.26 bits per heavy atom. The lowest BCUT2D eigenvalue weighted by molar-refractivity contribution is -0.146. The lowest BCUT2D eigenvalue weighted by Gasteiger charge is -2.15. The molecule has 0 N–H and O–H groups in total. The second-order valence-electron chi connectivity index (χ2n) is 4.35. The highest BCUT2D eigenvalue weighted by Gasteiger charge is 2.24. The maximum Gasteiger partial charge on any atom is 0.310 e. The van der Waals surface area contributed by atoms with Crippen molar-refractivity contribution in [2.75, 3.05) is 7.11 Å². The van der Waals surface area contributed by atoms with Crippen LogP contribution in [0.1, 0.15) is 19.9 Å². The molecule has 6 nitrogen and oxygen atoms in total. The number of hydrogen-bond acceptors (Lipinski definition) is 5. The Morgan fingerprint density at radius 2 is 1.95 bits per heavy atom. The highest BCUT2D eigenvalue weighted by Crippen LogP contribution is 2.18. The molecule has 6 heteroatoms. The van der Waals surface area contributed by atoms with E-state index in [-0.39, 0.29) is 17.9 Å². The number of nitrogens with zero attached hydrogens (tertiary/aromatic N) is 4. The fourth-order valence-electron chi connectivity index (χ4n) is 1.68. The quantitative estimate of drug-likeness (QED) is 0.783. The van der Waals surface area contributed by atoms with Crippen molar-refractivity contribution in [1.82, 2.24) is 20.2 Å². The van der Waals surface area contributed by atoms with E-state index in [1.807, 2.05) is 37.3 Å². The van der Waals surface area contributed by atoms with Gasteiger partial charge >= 0.3 is 5.97 Å². The molecule has 19 heavy (non-hydrogen) atoms. The minimum Gasteiger partial charge on any atom is -0.469 e. The number of esters is 1. The molecule has 0 bridgehead atoms. The van der Waals surface area contributed by atoms with Crippen molar-refractivity contribution in [2.45, 2.75) is 19.9 Å². The summed E-state index contributed by atoms with van der Waals surface area (Å²) in [5, 5.41) is 12.3. The Hall–Kier alpha value is -2.24. The Labute approximate surface area is 111 Å². The molecular weight excluding hydrogens is 244 g/mol. The van der Waals surface area contributed by atoms with Gasteiger partial charge in [-0.15, -0.1) is 10.2 Å². The molecule has 0 amide bonds. The first-order valence-corrected chi connectivity index (χ1v) is 6.06. The molecule has 0 radical (unpaired) electrons. The van der Waals surface area contributed by atoms with Gasteiger partial charge in [0.1, 0.15) is 0 Å². The van der Waals surface area contributed by atoms with Gasteiger partial charge in [-0.05, 0) is 19.1 Å². The van der Waals surface area contributed by atoms with E-state index in [0.29, 0.717) is 5.82 Å². The summed E-state index contributed by atoms with van der Waals surface area (Å²) < 4.78 is 4.72. The summed E-state index contributed by atoms with van der Waals surface area (Å²) in [6, 6.07) is 9.37. The molecule has 2 atom stereocenters. The first-order chi connectivity index (χ1) is 9.13. The van der Waals surface area contributed by atoms with Gasteiger partial charge in [-0.25, -0.2) is 0 Å². The second kappa shape index (κ2) is 5.60. The number of hydrogen-bond donors (Lipinski definition) is 0. The molecule has 100 valence electrons. The number of benzene rings is 1. The van der Waals surface area contributed by atoms with Crippen molar-refractivity contribution in [1.29, 1.82) is 0 Å². The number of carbonyl (C=O) groups is 1. The molecule has 2 aromatic rings. The summed E-state index contributed by atoms with van der Waals surface area (Å²) in [7, 11) is 1.37. The fourth-order valence-corrected chi connectivity index (χ4v) is 1.68. The molecule has 2 rings (SSSR count). The van der Waals surface area contributed by atoms with Gasteiger partial charge in [-0.3, -0.25) is 4.79 Å². The largest absolute Gasteiger partial charge is 0.469 e. The summed E-state index contributed by atoms with van der Waals surface area (Å²) in [6.07, 6.45) is 0. The average molecular weight is 260 g/mol. The van der Waals surface area contributed by atoms with E-state index in [1.54, 1.807) is 6.92 Å². The van der Waals surface area contributed by atoms with Gasteiger partial charge in [0.25, 0.3) is 0 Å². The van der Waals surface area contributed by atoms with Crippen LogP contribution in [0.15, 0.2) is 30.3 Å². The number of ether oxygens (including phenoxy) is 1. The minimum absolute atomic E-state index is 0.211. The zero-order valence-corrected chi connectivity index (χ0v) is 11.1. The van der Waals surface area contributed by atoms with E-state index in [2.05, 4.69) is 15.4 Å². The van der Waals surface area contributed by atoms with Crippen LogP contribution in [0.5, 0.6) is 0 Å². The number of rotatable bonds is 4. The lowest BCUT2D eigenvalue weighted by Crippen LogP contribution is -2.24. The molecule has 0 aliphatic rings. The predicted octanol–water partition coefficient (Wildman–Crippen LogP) is 1.71. The monoisotopic (exact) mass is 260 g/mol. The van der Waals surface area contributed by atoms with Gasteiger partial charge in [-0.2, -0.15) is 4.80 Å². The zero-order chi connectivity index (χ0) is 13.8. The topological polar surface area (TPSA) is 69.9 Å². The van der Waals surface area contributed by atoms with E-state index in [4.69, 9.17) is 4.74 Å². The third-order valence-electron chi connectivity index (χ3n) is 3.12. The van der Waals surface area contributed by atoms with Gasteiger partial charge in [0.05, 0.1) is 19.1 Å². The molecule has 0 saturated carbocycles. The molecular formula is C13H16N4O2. The highest BCUT2D eigenvalue weighted by molar-refractivity contribution is 5.72. The zero-order valence-electron chi connectivity index (χ0n) is 11.1. The van der Waals surface area contributed by atoms with E-state index >= 15 is 0 Å². The first kappa shape index (κ1) is 13.2. The molecule has 0 aliphatic carbocycles. The van der Waals surface area contributed by atoms with E-state index in [1.165, 1.54) is 11.9 Å². The van der Waals surface area contributed by atoms with Crippen LogP contribution in [-0.4, -0.2) is 33.3 Å². The molecule has 0 saturated heterocycles. The van der Waals surface area contributed by atoms with Crippen molar-refractivity contribution < 1.29 is 9.53 Å². The normalized spacial score (nSPS) is 13.8. The Morgan fingerprint density at radius 3 is 2.58 bits per heavy atom. The van der Waals surface area contributed by atoms with Crippen LogP contribution in [0, 0.1) is 5.92 Å². The van der Waals surface area contributed by atoms with Crippen molar-refractivity contribution >= 4 is 5.97 Å². The molecule has 1 heterocycles. The Bertz CT molecular complexity index is 553. The molecule has 0 aliphatic heterocycles. The molecule has 1 aromatic heterocycles. The SMILES string of the molecule is COC(=O)C(C)C(C)n1nnc(-c2ccccc2)n1. The second-order valence-corrected chi connectivity index (χ2v) is 4.35. The number of aromatic nitrogens is 4. The van der Waals surface area contributed by atoms with Crippen molar-refractivity contribution in [3.05, 3.63) is 30.3 Å². The van der Waals surface area contributed by atoms with Gasteiger partial charge in [0.15, 0.2) is 0 Å². The summed E-state index contributed by atoms with van der Waals surface area (Å²) in [5.74, 6) is -0.0709. The van der Waals surface area contributed by atoms with Gasteiger partial charge in [0, 0.05) is 5.56 Å². The molecule has 1 aromatic carbocycles. The van der Waals surface area contributed by atoms with Gasteiger partial charge in [0.2, 0.25) is 5.82 Å². The van der Waals surface area contributed by atoms with Crippen LogP contribution in [0.3, 0.4) is 0 Å². The van der Waals surface area contributed by atoms with Crippen LogP contribution in [0.25, 0.3) is 11.4 Å². The van der Waals surface area contributed by atoms with E-state index in [0.717, 1.165) is 5.56 Å². The Kier molecular flexibility index (Phi) is 3.89. The van der Waals surface area contributed by atoms with Crippen LogP contribution >= 0.6 is 0 Å². The highest BCUT2D eigenvalue weighted by atomic mass is 16.5. The number of tetrazole rings is 1. The van der Waals surface area contributed by atoms with Gasteiger partial charge < -0.3 is 4.74 Å². The molecule has 2 unspecified atom stereocenters.